The quantitative estimate of drug-likeness (QED) is 0.782. The predicted molar refractivity (Wildman–Crippen MR) is 67.0 cm³/mol. The van der Waals surface area contributed by atoms with Crippen LogP contribution in [0.4, 0.5) is 0 Å². The molecule has 0 spiro atoms. The van der Waals surface area contributed by atoms with Gasteiger partial charge in [0.05, 0.1) is 17.7 Å². The van der Waals surface area contributed by atoms with E-state index in [1.807, 2.05) is 25.1 Å². The first-order chi connectivity index (χ1) is 8.19. The maximum atomic E-state index is 10.1. The fraction of sp³-hybridized carbons (Fsp3) is 0.267. The highest BCUT2D eigenvalue weighted by atomic mass is 16.3. The molecule has 2 nitrogen and oxygen atoms in total. The molecule has 0 fully saturated rings. The van der Waals surface area contributed by atoms with E-state index in [0.717, 1.165) is 16.7 Å². The number of benzene rings is 1. The maximum Gasteiger partial charge on any atom is 0.0998 e. The second-order valence-corrected chi connectivity index (χ2v) is 4.26. The molecule has 2 atom stereocenters. The highest BCUT2D eigenvalue weighted by Crippen LogP contribution is 2.40. The molecule has 17 heavy (non-hydrogen) atoms. The van der Waals surface area contributed by atoms with Gasteiger partial charge < -0.3 is 5.11 Å². The van der Waals surface area contributed by atoms with Crippen LogP contribution in [0.5, 0.6) is 0 Å². The first-order valence-corrected chi connectivity index (χ1v) is 5.51. The minimum absolute atomic E-state index is 0.0747. The summed E-state index contributed by atoms with van der Waals surface area (Å²) in [6.45, 7) is 1.96. The van der Waals surface area contributed by atoms with E-state index in [1.54, 1.807) is 6.07 Å². The van der Waals surface area contributed by atoms with Gasteiger partial charge in [-0.2, -0.15) is 5.26 Å². The zero-order chi connectivity index (χ0) is 12.4. The van der Waals surface area contributed by atoms with Crippen LogP contribution in [0.25, 0.3) is 6.08 Å². The summed E-state index contributed by atoms with van der Waals surface area (Å²) in [6, 6.07) is 7.76. The zero-order valence-corrected chi connectivity index (χ0v) is 9.64. The third-order valence-electron chi connectivity index (χ3n) is 3.17. The Morgan fingerprint density at radius 3 is 2.94 bits per heavy atom. The van der Waals surface area contributed by atoms with Gasteiger partial charge in [-0.25, -0.2) is 0 Å². The van der Waals surface area contributed by atoms with E-state index in [2.05, 4.69) is 12.0 Å². The Bertz CT molecular complexity index is 557. The van der Waals surface area contributed by atoms with E-state index >= 15 is 0 Å². The highest BCUT2D eigenvalue weighted by molar-refractivity contribution is 5.71. The van der Waals surface area contributed by atoms with Crippen molar-refractivity contribution in [3.8, 4) is 18.4 Å². The molecule has 0 amide bonds. The molecule has 1 aromatic rings. The van der Waals surface area contributed by atoms with Crippen LogP contribution < -0.4 is 0 Å². The van der Waals surface area contributed by atoms with Gasteiger partial charge in [0.15, 0.2) is 0 Å². The predicted octanol–water partition coefficient (Wildman–Crippen LogP) is 2.44. The lowest BCUT2D eigenvalue weighted by Crippen LogP contribution is -2.17. The molecule has 0 aromatic heterocycles. The molecule has 1 aromatic carbocycles. The van der Waals surface area contributed by atoms with Crippen LogP contribution in [-0.4, -0.2) is 11.2 Å². The molecule has 84 valence electrons. The van der Waals surface area contributed by atoms with Crippen LogP contribution in [0.2, 0.25) is 0 Å². The van der Waals surface area contributed by atoms with Gasteiger partial charge in [-0.05, 0) is 24.1 Å². The zero-order valence-electron chi connectivity index (χ0n) is 9.64. The Morgan fingerprint density at radius 2 is 2.29 bits per heavy atom. The summed E-state index contributed by atoms with van der Waals surface area (Å²) in [5.41, 5.74) is 3.64. The fourth-order valence-electron chi connectivity index (χ4n) is 2.42. The largest absolute Gasteiger partial charge is 0.391 e. The minimum atomic E-state index is -0.577. The van der Waals surface area contributed by atoms with Gasteiger partial charge in [-0.1, -0.05) is 23.8 Å². The number of nitrogens with zero attached hydrogens (tertiary/aromatic N) is 1. The molecule has 0 bridgehead atoms. The Hall–Kier alpha value is -2.03. The van der Waals surface area contributed by atoms with Crippen molar-refractivity contribution in [1.29, 1.82) is 5.26 Å². The summed E-state index contributed by atoms with van der Waals surface area (Å²) in [4.78, 5) is 0. The summed E-state index contributed by atoms with van der Waals surface area (Å²) in [6.07, 6.45) is 6.96. The Kier molecular flexibility index (Phi) is 3.00. The molecular formula is C15H13NO. The van der Waals surface area contributed by atoms with Crippen molar-refractivity contribution in [3.05, 3.63) is 40.5 Å². The third-order valence-corrected chi connectivity index (χ3v) is 3.17. The van der Waals surface area contributed by atoms with Gasteiger partial charge in [-0.3, -0.25) is 0 Å². The molecule has 1 aliphatic rings. The molecule has 0 saturated heterocycles. The van der Waals surface area contributed by atoms with E-state index in [0.29, 0.717) is 12.0 Å². The van der Waals surface area contributed by atoms with Gasteiger partial charge in [-0.15, -0.1) is 12.3 Å². The summed E-state index contributed by atoms with van der Waals surface area (Å²) in [5.74, 6) is 2.41. The van der Waals surface area contributed by atoms with Crippen molar-refractivity contribution in [3.63, 3.8) is 0 Å². The van der Waals surface area contributed by atoms with E-state index < -0.39 is 6.10 Å². The van der Waals surface area contributed by atoms with Gasteiger partial charge >= 0.3 is 0 Å². The molecule has 2 rings (SSSR count). The van der Waals surface area contributed by atoms with Crippen molar-refractivity contribution >= 4 is 6.08 Å². The number of fused-ring (bicyclic) bond motifs is 1. The normalized spacial score (nSPS) is 18.8. The summed E-state index contributed by atoms with van der Waals surface area (Å²) in [7, 11) is 0. The number of rotatable bonds is 2. The minimum Gasteiger partial charge on any atom is -0.391 e. The first kappa shape index (κ1) is 11.5. The molecule has 0 saturated carbocycles. The molecule has 0 aliphatic heterocycles. The summed E-state index contributed by atoms with van der Waals surface area (Å²) >= 11 is 0. The van der Waals surface area contributed by atoms with Crippen LogP contribution in [0.15, 0.2) is 23.8 Å². The van der Waals surface area contributed by atoms with E-state index in [1.165, 1.54) is 0 Å². The first-order valence-electron chi connectivity index (χ1n) is 5.51. The molecule has 0 radical (unpaired) electrons. The standard InChI is InChI=1S/C15H13NO/c1-3-5-14(17)15-10(2)8-13-11(9-16)6-4-7-12(13)15/h1,4,6-8,14-15,17H,5H2,2H3. The molecule has 2 unspecified atom stereocenters. The van der Waals surface area contributed by atoms with Crippen molar-refractivity contribution in [2.45, 2.75) is 25.4 Å². The van der Waals surface area contributed by atoms with Crippen LogP contribution in [0.1, 0.15) is 36.0 Å². The molecule has 1 N–H and O–H groups in total. The molecule has 2 heteroatoms. The number of hydrogen-bond donors (Lipinski definition) is 1. The smallest absolute Gasteiger partial charge is 0.0998 e. The highest BCUT2D eigenvalue weighted by Gasteiger charge is 2.29. The van der Waals surface area contributed by atoms with E-state index in [9.17, 15) is 5.11 Å². The Morgan fingerprint density at radius 1 is 1.53 bits per heavy atom. The van der Waals surface area contributed by atoms with Crippen LogP contribution in [0, 0.1) is 23.7 Å². The van der Waals surface area contributed by atoms with Gasteiger partial charge in [0, 0.05) is 12.3 Å². The van der Waals surface area contributed by atoms with Crippen LogP contribution in [0.3, 0.4) is 0 Å². The van der Waals surface area contributed by atoms with Crippen molar-refractivity contribution in [2.24, 2.45) is 0 Å². The van der Waals surface area contributed by atoms with Gasteiger partial charge in [0.1, 0.15) is 0 Å². The fourth-order valence-corrected chi connectivity index (χ4v) is 2.42. The number of nitriles is 1. The molecular weight excluding hydrogens is 210 g/mol. The molecule has 1 aliphatic carbocycles. The summed E-state index contributed by atoms with van der Waals surface area (Å²) in [5, 5.41) is 19.1. The van der Waals surface area contributed by atoms with Crippen LogP contribution in [-0.2, 0) is 0 Å². The van der Waals surface area contributed by atoms with Crippen molar-refractivity contribution in [1.82, 2.24) is 0 Å². The molecule has 0 heterocycles. The van der Waals surface area contributed by atoms with E-state index in [4.69, 9.17) is 11.7 Å². The van der Waals surface area contributed by atoms with Crippen molar-refractivity contribution in [2.75, 3.05) is 0 Å². The monoisotopic (exact) mass is 223 g/mol. The number of hydrogen-bond acceptors (Lipinski definition) is 2. The van der Waals surface area contributed by atoms with Gasteiger partial charge in [0.2, 0.25) is 0 Å². The second kappa shape index (κ2) is 4.45. The maximum absolute atomic E-state index is 10.1. The van der Waals surface area contributed by atoms with Gasteiger partial charge in [0.25, 0.3) is 0 Å². The average Bonchev–Trinajstić information content (AvgIpc) is 2.65. The average molecular weight is 223 g/mol. The number of terminal acetylenes is 1. The lowest BCUT2D eigenvalue weighted by molar-refractivity contribution is 0.162. The Balaban J connectivity index is 2.48. The van der Waals surface area contributed by atoms with E-state index in [-0.39, 0.29) is 5.92 Å². The SMILES string of the molecule is C#CCC(O)C1C(C)=Cc2c(C#N)cccc21. The number of aliphatic hydroxyl groups is 1. The van der Waals surface area contributed by atoms with Crippen molar-refractivity contribution < 1.29 is 5.11 Å². The third kappa shape index (κ3) is 1.84. The lowest BCUT2D eigenvalue weighted by atomic mass is 9.89. The second-order valence-electron chi connectivity index (χ2n) is 4.26. The Labute approximate surface area is 101 Å². The van der Waals surface area contributed by atoms with Crippen LogP contribution >= 0.6 is 0 Å². The summed E-state index contributed by atoms with van der Waals surface area (Å²) < 4.78 is 0. The lowest BCUT2D eigenvalue weighted by Gasteiger charge is -2.19. The number of aliphatic hydroxyl groups excluding tert-OH is 1. The topological polar surface area (TPSA) is 44.0 Å².